The van der Waals surface area contributed by atoms with Gasteiger partial charge >= 0.3 is 0 Å². The largest absolute Gasteiger partial charge is 0.356 e. The first-order valence-electron chi connectivity index (χ1n) is 8.03. The van der Waals surface area contributed by atoms with E-state index in [2.05, 4.69) is 72.0 Å². The second-order valence-corrected chi connectivity index (χ2v) is 5.80. The molecule has 0 saturated carbocycles. The number of hydrogen-bond acceptors (Lipinski definition) is 1. The van der Waals surface area contributed by atoms with Gasteiger partial charge < -0.3 is 5.32 Å². The molecule has 3 aromatic carbocycles. The highest BCUT2D eigenvalue weighted by Crippen LogP contribution is 2.32. The Morgan fingerprint density at radius 1 is 0.913 bits per heavy atom. The lowest BCUT2D eigenvalue weighted by atomic mass is 9.85. The number of benzene rings is 3. The van der Waals surface area contributed by atoms with E-state index in [9.17, 15) is 4.79 Å². The number of carbonyl (C=O) groups excluding carboxylic acids is 1. The van der Waals surface area contributed by atoms with E-state index in [1.807, 2.05) is 6.07 Å². The van der Waals surface area contributed by atoms with Crippen molar-refractivity contribution in [3.05, 3.63) is 83.9 Å². The zero-order valence-corrected chi connectivity index (χ0v) is 13.3. The molecule has 0 saturated heterocycles. The molecule has 0 aromatic heterocycles. The van der Waals surface area contributed by atoms with Gasteiger partial charge in [-0.25, -0.2) is 0 Å². The minimum Gasteiger partial charge on any atom is -0.356 e. The summed E-state index contributed by atoms with van der Waals surface area (Å²) in [5, 5.41) is 5.46. The van der Waals surface area contributed by atoms with Gasteiger partial charge in [0.15, 0.2) is 0 Å². The molecular formula is C21H21NO. The van der Waals surface area contributed by atoms with E-state index in [0.29, 0.717) is 6.54 Å². The van der Waals surface area contributed by atoms with Crippen LogP contribution in [0.25, 0.3) is 10.8 Å². The fraction of sp³-hybridized carbons (Fsp3) is 0.190. The number of rotatable bonds is 5. The summed E-state index contributed by atoms with van der Waals surface area (Å²) in [5.41, 5.74) is 2.61. The van der Waals surface area contributed by atoms with Crippen molar-refractivity contribution >= 4 is 16.7 Å². The zero-order valence-electron chi connectivity index (χ0n) is 13.3. The van der Waals surface area contributed by atoms with Crippen molar-refractivity contribution in [2.45, 2.75) is 19.3 Å². The van der Waals surface area contributed by atoms with Crippen molar-refractivity contribution in [3.63, 3.8) is 0 Å². The van der Waals surface area contributed by atoms with Crippen LogP contribution in [0, 0.1) is 0 Å². The van der Waals surface area contributed by atoms with Crippen molar-refractivity contribution in [3.8, 4) is 0 Å². The topological polar surface area (TPSA) is 29.1 Å². The van der Waals surface area contributed by atoms with E-state index in [-0.39, 0.29) is 11.8 Å². The van der Waals surface area contributed by atoms with Gasteiger partial charge in [0.2, 0.25) is 5.91 Å². The molecule has 0 heterocycles. The summed E-state index contributed by atoms with van der Waals surface area (Å²) in [7, 11) is 0. The molecule has 0 spiro atoms. The highest BCUT2D eigenvalue weighted by Gasteiger charge is 2.16. The molecule has 1 atom stereocenters. The van der Waals surface area contributed by atoms with Gasteiger partial charge in [0.25, 0.3) is 0 Å². The molecule has 0 aliphatic carbocycles. The quantitative estimate of drug-likeness (QED) is 0.739. The monoisotopic (exact) mass is 303 g/mol. The molecule has 2 heteroatoms. The lowest BCUT2D eigenvalue weighted by Gasteiger charge is -2.20. The Bertz CT molecular complexity index is 790. The Morgan fingerprint density at radius 2 is 1.61 bits per heavy atom. The summed E-state index contributed by atoms with van der Waals surface area (Å²) in [6, 6.07) is 25.5. The Balaban J connectivity index is 2.01. The molecule has 0 aliphatic rings. The number of carbonyl (C=O) groups is 1. The molecule has 1 N–H and O–H groups in total. The van der Waals surface area contributed by atoms with Crippen LogP contribution in [0.4, 0.5) is 0 Å². The maximum absolute atomic E-state index is 11.2. The van der Waals surface area contributed by atoms with Gasteiger partial charge in [-0.2, -0.15) is 0 Å². The molecule has 0 fully saturated rings. The van der Waals surface area contributed by atoms with Gasteiger partial charge in [-0.1, -0.05) is 72.8 Å². The molecule has 0 bridgehead atoms. The van der Waals surface area contributed by atoms with E-state index in [1.54, 1.807) is 6.92 Å². The Morgan fingerprint density at radius 3 is 2.39 bits per heavy atom. The predicted octanol–water partition coefficient (Wildman–Crippen LogP) is 4.50. The standard InChI is InChI=1S/C21H21NO/c1-16(23)22-15-14-20(17-8-3-2-4-9-17)21-13-7-11-18-10-5-6-12-19(18)21/h2-13,20H,14-15H2,1H3,(H,22,23)/t20-/m1/s1. The normalized spacial score (nSPS) is 12.0. The van der Waals surface area contributed by atoms with Crippen LogP contribution in [0.5, 0.6) is 0 Å². The predicted molar refractivity (Wildman–Crippen MR) is 95.5 cm³/mol. The highest BCUT2D eigenvalue weighted by atomic mass is 16.1. The van der Waals surface area contributed by atoms with Crippen LogP contribution in [0.3, 0.4) is 0 Å². The Hall–Kier alpha value is -2.61. The first kappa shape index (κ1) is 15.3. The van der Waals surface area contributed by atoms with E-state index >= 15 is 0 Å². The molecule has 116 valence electrons. The molecule has 3 aromatic rings. The third kappa shape index (κ3) is 3.59. The minimum absolute atomic E-state index is 0.0229. The molecule has 23 heavy (non-hydrogen) atoms. The van der Waals surface area contributed by atoms with Crippen molar-refractivity contribution in [2.24, 2.45) is 0 Å². The van der Waals surface area contributed by atoms with E-state index in [0.717, 1.165) is 6.42 Å². The van der Waals surface area contributed by atoms with Crippen LogP contribution >= 0.6 is 0 Å². The molecule has 3 rings (SSSR count). The summed E-state index contributed by atoms with van der Waals surface area (Å²) in [6.07, 6.45) is 0.887. The summed E-state index contributed by atoms with van der Waals surface area (Å²) in [4.78, 5) is 11.2. The van der Waals surface area contributed by atoms with Gasteiger partial charge in [0.05, 0.1) is 0 Å². The third-order valence-corrected chi connectivity index (χ3v) is 4.21. The van der Waals surface area contributed by atoms with Crippen molar-refractivity contribution in [1.82, 2.24) is 5.32 Å². The molecule has 0 radical (unpaired) electrons. The lowest BCUT2D eigenvalue weighted by Crippen LogP contribution is -2.22. The lowest BCUT2D eigenvalue weighted by molar-refractivity contribution is -0.118. The minimum atomic E-state index is 0.0229. The van der Waals surface area contributed by atoms with Crippen LogP contribution in [-0.4, -0.2) is 12.5 Å². The first-order valence-corrected chi connectivity index (χ1v) is 8.03. The summed E-state index contributed by atoms with van der Waals surface area (Å²) < 4.78 is 0. The molecular weight excluding hydrogens is 282 g/mol. The van der Waals surface area contributed by atoms with E-state index in [1.165, 1.54) is 21.9 Å². The van der Waals surface area contributed by atoms with Gasteiger partial charge in [0, 0.05) is 19.4 Å². The molecule has 1 amide bonds. The van der Waals surface area contributed by atoms with Crippen LogP contribution < -0.4 is 5.32 Å². The second-order valence-electron chi connectivity index (χ2n) is 5.80. The van der Waals surface area contributed by atoms with Gasteiger partial charge in [-0.3, -0.25) is 4.79 Å². The Labute approximate surface area is 137 Å². The van der Waals surface area contributed by atoms with Crippen molar-refractivity contribution in [2.75, 3.05) is 6.54 Å². The second kappa shape index (κ2) is 7.10. The maximum atomic E-state index is 11.2. The van der Waals surface area contributed by atoms with Crippen LogP contribution in [0.1, 0.15) is 30.4 Å². The maximum Gasteiger partial charge on any atom is 0.216 e. The molecule has 2 nitrogen and oxygen atoms in total. The van der Waals surface area contributed by atoms with Gasteiger partial charge in [-0.15, -0.1) is 0 Å². The zero-order chi connectivity index (χ0) is 16.1. The molecule has 0 unspecified atom stereocenters. The number of fused-ring (bicyclic) bond motifs is 1. The number of amides is 1. The highest BCUT2D eigenvalue weighted by molar-refractivity contribution is 5.86. The SMILES string of the molecule is CC(=O)NCC[C@H](c1ccccc1)c1cccc2ccccc12. The van der Waals surface area contributed by atoms with Crippen LogP contribution in [0.15, 0.2) is 72.8 Å². The summed E-state index contributed by atoms with van der Waals surface area (Å²) >= 11 is 0. The van der Waals surface area contributed by atoms with Crippen LogP contribution in [0.2, 0.25) is 0 Å². The molecule has 0 aliphatic heterocycles. The smallest absolute Gasteiger partial charge is 0.216 e. The van der Waals surface area contributed by atoms with Crippen LogP contribution in [-0.2, 0) is 4.79 Å². The number of hydrogen-bond donors (Lipinski definition) is 1. The third-order valence-electron chi connectivity index (χ3n) is 4.21. The average molecular weight is 303 g/mol. The number of nitrogens with one attached hydrogen (secondary N) is 1. The van der Waals surface area contributed by atoms with Gasteiger partial charge in [0.1, 0.15) is 0 Å². The summed E-state index contributed by atoms with van der Waals surface area (Å²) in [6.45, 7) is 2.24. The first-order chi connectivity index (χ1) is 11.3. The average Bonchev–Trinajstić information content (AvgIpc) is 2.59. The van der Waals surface area contributed by atoms with Gasteiger partial charge in [-0.05, 0) is 28.3 Å². The van der Waals surface area contributed by atoms with E-state index < -0.39 is 0 Å². The Kier molecular flexibility index (Phi) is 4.72. The summed E-state index contributed by atoms with van der Waals surface area (Å²) in [5.74, 6) is 0.295. The fourth-order valence-corrected chi connectivity index (χ4v) is 3.13. The van der Waals surface area contributed by atoms with Crippen molar-refractivity contribution in [1.29, 1.82) is 0 Å². The van der Waals surface area contributed by atoms with E-state index in [4.69, 9.17) is 0 Å². The van der Waals surface area contributed by atoms with Crippen molar-refractivity contribution < 1.29 is 4.79 Å². The fourth-order valence-electron chi connectivity index (χ4n) is 3.13.